The lowest BCUT2D eigenvalue weighted by molar-refractivity contribution is 0.288. The molecule has 2 aromatic carbocycles. The number of aromatic hydroxyl groups is 2. The molecule has 2 aromatic rings. The molecule has 0 saturated heterocycles. The van der Waals surface area contributed by atoms with Crippen molar-refractivity contribution in [1.29, 1.82) is 0 Å². The van der Waals surface area contributed by atoms with E-state index >= 15 is 0 Å². The molecule has 102 valence electrons. The molecule has 1 heterocycles. The average Bonchev–Trinajstić information content (AvgIpc) is 2.45. The number of phenolic OH excluding ortho intramolecular Hbond substituents is 2. The van der Waals surface area contributed by atoms with Gasteiger partial charge in [-0.15, -0.1) is 0 Å². The third-order valence-electron chi connectivity index (χ3n) is 4.12. The molecule has 2 N–H and O–H groups in total. The highest BCUT2D eigenvalue weighted by Gasteiger charge is 2.30. The van der Waals surface area contributed by atoms with Gasteiger partial charge in [0.25, 0.3) is 0 Å². The normalized spacial score (nSPS) is 14.4. The van der Waals surface area contributed by atoms with Gasteiger partial charge in [0.1, 0.15) is 18.1 Å². The predicted octanol–water partition coefficient (Wildman–Crippen LogP) is 2.76. The zero-order chi connectivity index (χ0) is 13.9. The van der Waals surface area contributed by atoms with Crippen LogP contribution in [0.3, 0.4) is 0 Å². The van der Waals surface area contributed by atoms with Crippen molar-refractivity contribution >= 4 is 0 Å². The molecule has 0 radical (unpaired) electrons. The second-order valence-corrected chi connectivity index (χ2v) is 5.21. The van der Waals surface area contributed by atoms with Gasteiger partial charge in [-0.3, -0.25) is 0 Å². The van der Waals surface area contributed by atoms with Crippen molar-refractivity contribution in [3.63, 3.8) is 0 Å². The van der Waals surface area contributed by atoms with Crippen LogP contribution in [0.25, 0.3) is 11.1 Å². The standard InChI is InChI=1S/C16H14O4/c1-19-13-5-9-3-2-8-4-10(17)6-12-15(8)14(9)11(7-20-12)16(13)18/h4-6,17-18H,2-3,7H2,1H3. The number of rotatable bonds is 1. The van der Waals surface area contributed by atoms with Gasteiger partial charge in [-0.2, -0.15) is 0 Å². The minimum Gasteiger partial charge on any atom is -0.508 e. The molecular weight excluding hydrogens is 256 g/mol. The van der Waals surface area contributed by atoms with Crippen molar-refractivity contribution in [3.8, 4) is 34.1 Å². The summed E-state index contributed by atoms with van der Waals surface area (Å²) in [6.45, 7) is 0.293. The lowest BCUT2D eigenvalue weighted by atomic mass is 9.81. The van der Waals surface area contributed by atoms with Crippen LogP contribution < -0.4 is 9.47 Å². The molecule has 0 aromatic heterocycles. The number of hydrogen-bond acceptors (Lipinski definition) is 4. The molecule has 0 unspecified atom stereocenters. The molecule has 1 aliphatic heterocycles. The topological polar surface area (TPSA) is 58.9 Å². The molecule has 4 nitrogen and oxygen atoms in total. The molecule has 0 fully saturated rings. The molecule has 2 aliphatic rings. The van der Waals surface area contributed by atoms with Crippen molar-refractivity contribution in [2.24, 2.45) is 0 Å². The molecule has 4 rings (SSSR count). The van der Waals surface area contributed by atoms with E-state index in [1.165, 1.54) is 0 Å². The molecule has 20 heavy (non-hydrogen) atoms. The van der Waals surface area contributed by atoms with E-state index in [0.717, 1.165) is 40.7 Å². The zero-order valence-corrected chi connectivity index (χ0v) is 11.1. The first-order chi connectivity index (χ1) is 9.69. The van der Waals surface area contributed by atoms with Crippen molar-refractivity contribution < 1.29 is 19.7 Å². The van der Waals surface area contributed by atoms with Gasteiger partial charge in [-0.1, -0.05) is 0 Å². The van der Waals surface area contributed by atoms with Gasteiger partial charge >= 0.3 is 0 Å². The zero-order valence-electron chi connectivity index (χ0n) is 11.1. The van der Waals surface area contributed by atoms with Gasteiger partial charge in [0.15, 0.2) is 11.5 Å². The Hall–Kier alpha value is -2.36. The van der Waals surface area contributed by atoms with Crippen LogP contribution in [-0.2, 0) is 19.4 Å². The number of phenols is 2. The lowest BCUT2D eigenvalue weighted by Crippen LogP contribution is -2.14. The summed E-state index contributed by atoms with van der Waals surface area (Å²) in [6, 6.07) is 5.32. The van der Waals surface area contributed by atoms with Crippen LogP contribution >= 0.6 is 0 Å². The van der Waals surface area contributed by atoms with E-state index in [9.17, 15) is 10.2 Å². The number of aryl methyl sites for hydroxylation is 2. The average molecular weight is 270 g/mol. The van der Waals surface area contributed by atoms with Gasteiger partial charge in [-0.05, 0) is 41.7 Å². The third kappa shape index (κ3) is 1.36. The molecule has 4 heteroatoms. The monoisotopic (exact) mass is 270 g/mol. The molecule has 0 atom stereocenters. The number of ether oxygens (including phenoxy) is 2. The predicted molar refractivity (Wildman–Crippen MR) is 73.5 cm³/mol. The number of methoxy groups -OCH3 is 1. The van der Waals surface area contributed by atoms with Crippen LogP contribution in [-0.4, -0.2) is 17.3 Å². The summed E-state index contributed by atoms with van der Waals surface area (Å²) < 4.78 is 10.9. The Kier molecular flexibility index (Phi) is 2.19. The summed E-state index contributed by atoms with van der Waals surface area (Å²) in [5.74, 6) is 1.56. The van der Waals surface area contributed by atoms with Gasteiger partial charge in [0.05, 0.1) is 7.11 Å². The summed E-state index contributed by atoms with van der Waals surface area (Å²) in [6.07, 6.45) is 1.72. The minimum atomic E-state index is 0.151. The maximum atomic E-state index is 10.3. The quantitative estimate of drug-likeness (QED) is 0.836. The van der Waals surface area contributed by atoms with Crippen LogP contribution in [0.15, 0.2) is 18.2 Å². The Balaban J connectivity index is 2.08. The van der Waals surface area contributed by atoms with Crippen molar-refractivity contribution in [2.45, 2.75) is 19.4 Å². The number of benzene rings is 2. The van der Waals surface area contributed by atoms with Crippen LogP contribution in [0, 0.1) is 0 Å². The maximum absolute atomic E-state index is 10.3. The summed E-state index contributed by atoms with van der Waals surface area (Å²) in [5.41, 5.74) is 5.06. The summed E-state index contributed by atoms with van der Waals surface area (Å²) in [4.78, 5) is 0. The molecule has 0 amide bonds. The first-order valence-electron chi connectivity index (χ1n) is 6.60. The summed E-state index contributed by atoms with van der Waals surface area (Å²) >= 11 is 0. The molecule has 0 saturated carbocycles. The van der Waals surface area contributed by atoms with Gasteiger partial charge in [0, 0.05) is 17.2 Å². The first kappa shape index (κ1) is 11.5. The van der Waals surface area contributed by atoms with E-state index in [0.29, 0.717) is 18.1 Å². The van der Waals surface area contributed by atoms with Gasteiger partial charge < -0.3 is 19.7 Å². The summed E-state index contributed by atoms with van der Waals surface area (Å²) in [7, 11) is 1.55. The Bertz CT molecular complexity index is 717. The Morgan fingerprint density at radius 2 is 1.80 bits per heavy atom. The fourth-order valence-electron chi connectivity index (χ4n) is 3.24. The Morgan fingerprint density at radius 1 is 1.05 bits per heavy atom. The maximum Gasteiger partial charge on any atom is 0.165 e. The third-order valence-corrected chi connectivity index (χ3v) is 4.12. The van der Waals surface area contributed by atoms with Crippen LogP contribution in [0.5, 0.6) is 23.0 Å². The SMILES string of the molecule is COc1cc2c3c(c1O)COc1cc(O)cc(c1-3)CC2. The second kappa shape index (κ2) is 3.82. The van der Waals surface area contributed by atoms with Crippen molar-refractivity contribution in [3.05, 3.63) is 34.9 Å². The fourth-order valence-corrected chi connectivity index (χ4v) is 3.24. The lowest BCUT2D eigenvalue weighted by Gasteiger charge is -2.30. The highest BCUT2D eigenvalue weighted by Crippen LogP contribution is 2.51. The largest absolute Gasteiger partial charge is 0.508 e. The van der Waals surface area contributed by atoms with Crippen molar-refractivity contribution in [2.75, 3.05) is 7.11 Å². The van der Waals surface area contributed by atoms with Crippen molar-refractivity contribution in [1.82, 2.24) is 0 Å². The first-order valence-corrected chi connectivity index (χ1v) is 6.60. The summed E-state index contributed by atoms with van der Waals surface area (Å²) in [5, 5.41) is 20.1. The second-order valence-electron chi connectivity index (χ2n) is 5.21. The van der Waals surface area contributed by atoms with Crippen LogP contribution in [0.4, 0.5) is 0 Å². The van der Waals surface area contributed by atoms with Crippen LogP contribution in [0.2, 0.25) is 0 Å². The van der Waals surface area contributed by atoms with E-state index in [1.54, 1.807) is 19.2 Å². The molecule has 0 spiro atoms. The smallest absolute Gasteiger partial charge is 0.165 e. The van der Waals surface area contributed by atoms with E-state index in [1.807, 2.05) is 6.07 Å². The Labute approximate surface area is 116 Å². The van der Waals surface area contributed by atoms with E-state index in [2.05, 4.69) is 0 Å². The Morgan fingerprint density at radius 3 is 2.55 bits per heavy atom. The highest BCUT2D eigenvalue weighted by molar-refractivity contribution is 5.85. The van der Waals surface area contributed by atoms with E-state index in [-0.39, 0.29) is 11.5 Å². The van der Waals surface area contributed by atoms with Gasteiger partial charge in [-0.25, -0.2) is 0 Å². The van der Waals surface area contributed by atoms with Crippen LogP contribution in [0.1, 0.15) is 16.7 Å². The van der Waals surface area contributed by atoms with Gasteiger partial charge in [0.2, 0.25) is 0 Å². The van der Waals surface area contributed by atoms with E-state index < -0.39 is 0 Å². The molecular formula is C16H14O4. The fraction of sp³-hybridized carbons (Fsp3) is 0.250. The molecule has 1 aliphatic carbocycles. The number of hydrogen-bond donors (Lipinski definition) is 2. The minimum absolute atomic E-state index is 0.151. The van der Waals surface area contributed by atoms with E-state index in [4.69, 9.17) is 9.47 Å². The highest BCUT2D eigenvalue weighted by atomic mass is 16.5. The molecule has 0 bridgehead atoms.